The van der Waals surface area contributed by atoms with Gasteiger partial charge in [0.1, 0.15) is 0 Å². The first kappa shape index (κ1) is 11.0. The second-order valence-corrected chi connectivity index (χ2v) is 3.57. The Morgan fingerprint density at radius 3 is 2.27 bits per heavy atom. The summed E-state index contributed by atoms with van der Waals surface area (Å²) in [6.07, 6.45) is 9.43. The minimum atomic E-state index is 0.940. The molecule has 0 aromatic rings. The quantitative estimate of drug-likeness (QED) is 0.483. The highest BCUT2D eigenvalue weighted by Crippen LogP contribution is 2.13. The lowest BCUT2D eigenvalue weighted by Gasteiger charge is -2.06. The molecule has 0 aliphatic rings. The molecule has 1 radical (unpaired) electrons. The van der Waals surface area contributed by atoms with E-state index in [1.165, 1.54) is 38.5 Å². The molecule has 0 amide bonds. The summed E-state index contributed by atoms with van der Waals surface area (Å²) < 4.78 is 0. The van der Waals surface area contributed by atoms with E-state index in [0.717, 1.165) is 12.3 Å². The topological polar surface area (TPSA) is 0 Å². The maximum absolute atomic E-state index is 3.83. The van der Waals surface area contributed by atoms with Gasteiger partial charge < -0.3 is 0 Å². The molecule has 0 saturated heterocycles. The molecule has 0 N–H and O–H groups in total. The van der Waals surface area contributed by atoms with Crippen molar-refractivity contribution < 1.29 is 0 Å². The van der Waals surface area contributed by atoms with Crippen molar-refractivity contribution in [3.63, 3.8) is 0 Å². The molecule has 0 spiro atoms. The summed E-state index contributed by atoms with van der Waals surface area (Å²) in [5, 5.41) is 0. The molecule has 0 aliphatic heterocycles. The number of rotatable bonds is 7. The lowest BCUT2D eigenvalue weighted by Crippen LogP contribution is -1.91. The zero-order valence-corrected chi connectivity index (χ0v) is 8.23. The van der Waals surface area contributed by atoms with Crippen LogP contribution >= 0.6 is 0 Å². The van der Waals surface area contributed by atoms with Crippen LogP contribution in [0.3, 0.4) is 0 Å². The van der Waals surface area contributed by atoms with Gasteiger partial charge in [0.15, 0.2) is 0 Å². The Bertz CT molecular complexity index is 66.4. The van der Waals surface area contributed by atoms with Crippen molar-refractivity contribution in [3.05, 3.63) is 6.92 Å². The van der Waals surface area contributed by atoms with Crippen LogP contribution in [0, 0.1) is 12.8 Å². The van der Waals surface area contributed by atoms with E-state index in [1.807, 2.05) is 0 Å². The Balaban J connectivity index is 2.89. The van der Waals surface area contributed by atoms with Gasteiger partial charge in [-0.05, 0) is 5.92 Å². The molecule has 11 heavy (non-hydrogen) atoms. The standard InChI is InChI=1S/C11H23/c1-4-6-7-8-9-10-11(3)5-2/h11H,1,4-10H2,2-3H3. The lowest BCUT2D eigenvalue weighted by atomic mass is 10.0. The minimum absolute atomic E-state index is 0.940. The number of hydrogen-bond acceptors (Lipinski definition) is 0. The zero-order chi connectivity index (χ0) is 8.53. The molecule has 0 rings (SSSR count). The smallest absolute Gasteiger partial charge is 0.0445 e. The zero-order valence-electron chi connectivity index (χ0n) is 8.23. The highest BCUT2D eigenvalue weighted by atomic mass is 14.0. The van der Waals surface area contributed by atoms with Gasteiger partial charge in [-0.1, -0.05) is 65.7 Å². The van der Waals surface area contributed by atoms with Crippen LogP contribution in [-0.4, -0.2) is 0 Å². The highest BCUT2D eigenvalue weighted by Gasteiger charge is 1.97. The van der Waals surface area contributed by atoms with Gasteiger partial charge in [0.25, 0.3) is 0 Å². The van der Waals surface area contributed by atoms with Gasteiger partial charge in [-0.15, -0.1) is 0 Å². The molecule has 0 bridgehead atoms. The van der Waals surface area contributed by atoms with E-state index >= 15 is 0 Å². The minimum Gasteiger partial charge on any atom is -0.0651 e. The summed E-state index contributed by atoms with van der Waals surface area (Å²) >= 11 is 0. The van der Waals surface area contributed by atoms with Crippen molar-refractivity contribution in [1.82, 2.24) is 0 Å². The van der Waals surface area contributed by atoms with Crippen molar-refractivity contribution in [1.29, 1.82) is 0 Å². The fourth-order valence-corrected chi connectivity index (χ4v) is 1.23. The maximum atomic E-state index is 3.83. The molecule has 0 aromatic carbocycles. The molecule has 0 nitrogen and oxygen atoms in total. The highest BCUT2D eigenvalue weighted by molar-refractivity contribution is 4.51. The second-order valence-electron chi connectivity index (χ2n) is 3.57. The Morgan fingerprint density at radius 1 is 1.09 bits per heavy atom. The SMILES string of the molecule is [CH2]CCCCCCC(C)CC. The van der Waals surface area contributed by atoms with E-state index in [9.17, 15) is 0 Å². The molecule has 1 unspecified atom stereocenters. The van der Waals surface area contributed by atoms with Crippen LogP contribution < -0.4 is 0 Å². The van der Waals surface area contributed by atoms with Gasteiger partial charge in [-0.3, -0.25) is 0 Å². The van der Waals surface area contributed by atoms with Gasteiger partial charge in [-0.2, -0.15) is 0 Å². The van der Waals surface area contributed by atoms with E-state index < -0.39 is 0 Å². The van der Waals surface area contributed by atoms with E-state index in [1.54, 1.807) is 0 Å². The molecule has 67 valence electrons. The molecule has 1 atom stereocenters. The molecular weight excluding hydrogens is 132 g/mol. The first-order valence-electron chi connectivity index (χ1n) is 5.10. The van der Waals surface area contributed by atoms with Gasteiger partial charge in [0.05, 0.1) is 0 Å². The van der Waals surface area contributed by atoms with Crippen LogP contribution in [0.15, 0.2) is 0 Å². The number of hydrogen-bond donors (Lipinski definition) is 0. The molecule has 0 aliphatic carbocycles. The molecule has 0 aromatic heterocycles. The van der Waals surface area contributed by atoms with Crippen LogP contribution in [0.4, 0.5) is 0 Å². The Labute approximate surface area is 72.4 Å². The monoisotopic (exact) mass is 155 g/mol. The average molecular weight is 155 g/mol. The fraction of sp³-hybridized carbons (Fsp3) is 0.909. The number of unbranched alkanes of at least 4 members (excludes halogenated alkanes) is 4. The largest absolute Gasteiger partial charge is 0.0651 e. The summed E-state index contributed by atoms with van der Waals surface area (Å²) in [7, 11) is 0. The fourth-order valence-electron chi connectivity index (χ4n) is 1.23. The predicted octanol–water partition coefficient (Wildman–Crippen LogP) is 4.21. The van der Waals surface area contributed by atoms with E-state index in [0.29, 0.717) is 0 Å². The van der Waals surface area contributed by atoms with Crippen molar-refractivity contribution in [3.8, 4) is 0 Å². The summed E-state index contributed by atoms with van der Waals surface area (Å²) in [5.41, 5.74) is 0. The average Bonchev–Trinajstić information content (AvgIpc) is 2.04. The Hall–Kier alpha value is 0. The van der Waals surface area contributed by atoms with E-state index in [-0.39, 0.29) is 0 Å². The molecule has 0 saturated carbocycles. The maximum Gasteiger partial charge on any atom is -0.0445 e. The van der Waals surface area contributed by atoms with Crippen molar-refractivity contribution in [2.24, 2.45) is 5.92 Å². The van der Waals surface area contributed by atoms with Gasteiger partial charge in [0.2, 0.25) is 0 Å². The second kappa shape index (κ2) is 8.10. The van der Waals surface area contributed by atoms with Crippen LogP contribution in [0.5, 0.6) is 0 Å². The Morgan fingerprint density at radius 2 is 1.73 bits per heavy atom. The van der Waals surface area contributed by atoms with E-state index in [4.69, 9.17) is 0 Å². The predicted molar refractivity (Wildman–Crippen MR) is 52.5 cm³/mol. The van der Waals surface area contributed by atoms with Crippen LogP contribution in [0.1, 0.15) is 58.8 Å². The normalized spacial score (nSPS) is 13.4. The molecule has 0 fully saturated rings. The third kappa shape index (κ3) is 7.90. The van der Waals surface area contributed by atoms with Crippen LogP contribution in [0.25, 0.3) is 0 Å². The van der Waals surface area contributed by atoms with Crippen molar-refractivity contribution >= 4 is 0 Å². The van der Waals surface area contributed by atoms with Crippen LogP contribution in [-0.2, 0) is 0 Å². The third-order valence-electron chi connectivity index (χ3n) is 2.39. The van der Waals surface area contributed by atoms with Gasteiger partial charge in [-0.25, -0.2) is 0 Å². The van der Waals surface area contributed by atoms with Crippen molar-refractivity contribution in [2.45, 2.75) is 58.8 Å². The van der Waals surface area contributed by atoms with Gasteiger partial charge in [0, 0.05) is 0 Å². The third-order valence-corrected chi connectivity index (χ3v) is 2.39. The first-order valence-corrected chi connectivity index (χ1v) is 5.10. The molecule has 0 heterocycles. The lowest BCUT2D eigenvalue weighted by molar-refractivity contribution is 0.475. The summed E-state index contributed by atoms with van der Waals surface area (Å²) in [6, 6.07) is 0. The van der Waals surface area contributed by atoms with Crippen molar-refractivity contribution in [2.75, 3.05) is 0 Å². The summed E-state index contributed by atoms with van der Waals surface area (Å²) in [5.74, 6) is 0.940. The van der Waals surface area contributed by atoms with Crippen LogP contribution in [0.2, 0.25) is 0 Å². The molecular formula is C11H23. The first-order chi connectivity index (χ1) is 5.31. The Kier molecular flexibility index (Phi) is 8.10. The molecule has 0 heteroatoms. The summed E-state index contributed by atoms with van der Waals surface area (Å²) in [6.45, 7) is 8.46. The van der Waals surface area contributed by atoms with Gasteiger partial charge >= 0.3 is 0 Å². The van der Waals surface area contributed by atoms with E-state index in [2.05, 4.69) is 20.8 Å². The summed E-state index contributed by atoms with van der Waals surface area (Å²) in [4.78, 5) is 0.